The van der Waals surface area contributed by atoms with E-state index in [4.69, 9.17) is 5.11 Å². The molecule has 0 amide bonds. The summed E-state index contributed by atoms with van der Waals surface area (Å²) in [5, 5.41) is 12.2. The highest BCUT2D eigenvalue weighted by molar-refractivity contribution is 5.67. The number of nitrogens with one attached hydrogen (secondary N) is 1. The number of rotatable bonds is 4. The molecule has 1 saturated heterocycles. The molecule has 0 bridgehead atoms. The van der Waals surface area contributed by atoms with Crippen LogP contribution in [0.2, 0.25) is 0 Å². The van der Waals surface area contributed by atoms with E-state index in [0.29, 0.717) is 24.3 Å². The van der Waals surface area contributed by atoms with Crippen LogP contribution in [-0.2, 0) is 4.79 Å². The van der Waals surface area contributed by atoms with Crippen molar-refractivity contribution in [2.75, 3.05) is 6.54 Å². The molecule has 0 unspecified atom stereocenters. The van der Waals surface area contributed by atoms with Crippen LogP contribution in [-0.4, -0.2) is 23.7 Å². The van der Waals surface area contributed by atoms with E-state index in [1.165, 1.54) is 0 Å². The van der Waals surface area contributed by atoms with E-state index in [-0.39, 0.29) is 0 Å². The molecule has 0 aliphatic carbocycles. The van der Waals surface area contributed by atoms with Gasteiger partial charge in [0.05, 0.1) is 0 Å². The lowest BCUT2D eigenvalue weighted by Gasteiger charge is -2.30. The maximum absolute atomic E-state index is 10.6. The zero-order chi connectivity index (χ0) is 10.6. The van der Waals surface area contributed by atoms with Crippen molar-refractivity contribution in [2.24, 2.45) is 11.8 Å². The van der Waals surface area contributed by atoms with Gasteiger partial charge in [0.2, 0.25) is 0 Å². The molecule has 2 N–H and O–H groups in total. The summed E-state index contributed by atoms with van der Waals surface area (Å²) in [7, 11) is 0. The molecule has 14 heavy (non-hydrogen) atoms. The van der Waals surface area contributed by atoms with Crippen LogP contribution in [0.1, 0.15) is 39.5 Å². The van der Waals surface area contributed by atoms with Crippen LogP contribution < -0.4 is 5.32 Å². The second-order valence-corrected chi connectivity index (χ2v) is 4.77. The Hall–Kier alpha value is -0.570. The first kappa shape index (κ1) is 11.5. The van der Waals surface area contributed by atoms with Crippen LogP contribution in [0, 0.1) is 11.8 Å². The van der Waals surface area contributed by atoms with Crippen molar-refractivity contribution in [3.8, 4) is 0 Å². The molecule has 0 spiro atoms. The molecule has 0 aromatic heterocycles. The molecule has 1 aliphatic heterocycles. The fraction of sp³-hybridized carbons (Fsp3) is 0.909. The van der Waals surface area contributed by atoms with E-state index in [0.717, 1.165) is 25.8 Å². The van der Waals surface area contributed by atoms with Gasteiger partial charge in [-0.3, -0.25) is 4.79 Å². The zero-order valence-electron chi connectivity index (χ0n) is 9.12. The highest BCUT2D eigenvalue weighted by Crippen LogP contribution is 2.23. The molecule has 82 valence electrons. The number of hydrogen-bond donors (Lipinski definition) is 2. The van der Waals surface area contributed by atoms with Crippen LogP contribution in [0.4, 0.5) is 0 Å². The monoisotopic (exact) mass is 199 g/mol. The summed E-state index contributed by atoms with van der Waals surface area (Å²) in [5.41, 5.74) is 0. The average molecular weight is 199 g/mol. The van der Waals surface area contributed by atoms with Crippen molar-refractivity contribution in [3.63, 3.8) is 0 Å². The molecule has 3 heteroatoms. The molecular weight excluding hydrogens is 178 g/mol. The molecule has 1 heterocycles. The van der Waals surface area contributed by atoms with Crippen LogP contribution >= 0.6 is 0 Å². The Morgan fingerprint density at radius 1 is 1.57 bits per heavy atom. The third-order valence-corrected chi connectivity index (χ3v) is 2.82. The summed E-state index contributed by atoms with van der Waals surface area (Å²) < 4.78 is 0. The maximum Gasteiger partial charge on any atom is 0.303 e. The highest BCUT2D eigenvalue weighted by Gasteiger charge is 2.23. The predicted molar refractivity (Wildman–Crippen MR) is 56.2 cm³/mol. The van der Waals surface area contributed by atoms with Gasteiger partial charge >= 0.3 is 5.97 Å². The fourth-order valence-corrected chi connectivity index (χ4v) is 2.28. The summed E-state index contributed by atoms with van der Waals surface area (Å²) in [6.07, 6.45) is 3.55. The standard InChI is InChI=1S/C11H21NO2/c1-8(2)5-10-6-9(3-4-12-10)7-11(13)14/h8-10,12H,3-7H2,1-2H3,(H,13,14)/t9-,10+/m1/s1. The van der Waals surface area contributed by atoms with Crippen molar-refractivity contribution >= 4 is 5.97 Å². The topological polar surface area (TPSA) is 49.3 Å². The van der Waals surface area contributed by atoms with E-state index < -0.39 is 5.97 Å². The number of piperidine rings is 1. The lowest BCUT2D eigenvalue weighted by atomic mass is 9.86. The SMILES string of the molecule is CC(C)C[C@H]1C[C@H](CC(=O)O)CCN1. The van der Waals surface area contributed by atoms with Crippen molar-refractivity contribution in [2.45, 2.75) is 45.6 Å². The van der Waals surface area contributed by atoms with Gasteiger partial charge in [-0.05, 0) is 37.6 Å². The highest BCUT2D eigenvalue weighted by atomic mass is 16.4. The maximum atomic E-state index is 10.6. The third-order valence-electron chi connectivity index (χ3n) is 2.82. The van der Waals surface area contributed by atoms with Gasteiger partial charge in [-0.25, -0.2) is 0 Å². The number of carbonyl (C=O) groups is 1. The van der Waals surface area contributed by atoms with Crippen LogP contribution in [0.5, 0.6) is 0 Å². The minimum absolute atomic E-state index is 0.344. The van der Waals surface area contributed by atoms with Gasteiger partial charge in [0.15, 0.2) is 0 Å². The van der Waals surface area contributed by atoms with Gasteiger partial charge in [0.1, 0.15) is 0 Å². The Labute approximate surface area is 85.9 Å². The van der Waals surface area contributed by atoms with Crippen molar-refractivity contribution in [1.29, 1.82) is 0 Å². The summed E-state index contributed by atoms with van der Waals surface area (Å²) in [4.78, 5) is 10.6. The Balaban J connectivity index is 2.32. The first-order valence-corrected chi connectivity index (χ1v) is 5.53. The quantitative estimate of drug-likeness (QED) is 0.726. The number of carboxylic acid groups (broad SMARTS) is 1. The van der Waals surface area contributed by atoms with Gasteiger partial charge in [0, 0.05) is 12.5 Å². The number of aliphatic carboxylic acids is 1. The molecular formula is C11H21NO2. The third kappa shape index (κ3) is 4.09. The largest absolute Gasteiger partial charge is 0.481 e. The minimum atomic E-state index is -0.653. The van der Waals surface area contributed by atoms with E-state index >= 15 is 0 Å². The molecule has 0 aromatic rings. The molecule has 1 aliphatic rings. The van der Waals surface area contributed by atoms with Crippen molar-refractivity contribution in [1.82, 2.24) is 5.32 Å². The van der Waals surface area contributed by atoms with Gasteiger partial charge < -0.3 is 10.4 Å². The molecule has 0 radical (unpaired) electrons. The summed E-state index contributed by atoms with van der Waals surface area (Å²) in [5.74, 6) is 0.425. The number of hydrogen-bond acceptors (Lipinski definition) is 2. The van der Waals surface area contributed by atoms with Gasteiger partial charge in [-0.2, -0.15) is 0 Å². The van der Waals surface area contributed by atoms with E-state index in [1.54, 1.807) is 0 Å². The van der Waals surface area contributed by atoms with E-state index in [2.05, 4.69) is 19.2 Å². The normalized spacial score (nSPS) is 27.9. The summed E-state index contributed by atoms with van der Waals surface area (Å²) in [6.45, 7) is 5.40. The second kappa shape index (κ2) is 5.35. The Morgan fingerprint density at radius 3 is 2.86 bits per heavy atom. The molecule has 1 rings (SSSR count). The van der Waals surface area contributed by atoms with Gasteiger partial charge in [-0.1, -0.05) is 13.8 Å². The molecule has 2 atom stereocenters. The zero-order valence-corrected chi connectivity index (χ0v) is 9.12. The van der Waals surface area contributed by atoms with Crippen LogP contribution in [0.25, 0.3) is 0 Å². The first-order chi connectivity index (χ1) is 6.58. The first-order valence-electron chi connectivity index (χ1n) is 5.53. The smallest absolute Gasteiger partial charge is 0.303 e. The van der Waals surface area contributed by atoms with Gasteiger partial charge in [-0.15, -0.1) is 0 Å². The summed E-state index contributed by atoms with van der Waals surface area (Å²) >= 11 is 0. The van der Waals surface area contributed by atoms with Crippen LogP contribution in [0.3, 0.4) is 0 Å². The van der Waals surface area contributed by atoms with Crippen molar-refractivity contribution in [3.05, 3.63) is 0 Å². The van der Waals surface area contributed by atoms with E-state index in [9.17, 15) is 4.79 Å². The minimum Gasteiger partial charge on any atom is -0.481 e. The van der Waals surface area contributed by atoms with Crippen LogP contribution in [0.15, 0.2) is 0 Å². The van der Waals surface area contributed by atoms with Gasteiger partial charge in [0.25, 0.3) is 0 Å². The fourth-order valence-electron chi connectivity index (χ4n) is 2.28. The molecule has 3 nitrogen and oxygen atoms in total. The predicted octanol–water partition coefficient (Wildman–Crippen LogP) is 1.88. The Morgan fingerprint density at radius 2 is 2.29 bits per heavy atom. The van der Waals surface area contributed by atoms with E-state index in [1.807, 2.05) is 0 Å². The summed E-state index contributed by atoms with van der Waals surface area (Å²) in [6, 6.07) is 0.535. The average Bonchev–Trinajstić information content (AvgIpc) is 2.01. The lowest BCUT2D eigenvalue weighted by Crippen LogP contribution is -2.39. The lowest BCUT2D eigenvalue weighted by molar-refractivity contribution is -0.138. The molecule has 0 saturated carbocycles. The Bertz CT molecular complexity index is 192. The Kier molecular flexibility index (Phi) is 4.39. The molecule has 0 aromatic carbocycles. The van der Waals surface area contributed by atoms with Crippen molar-refractivity contribution < 1.29 is 9.90 Å². The number of carboxylic acids is 1. The second-order valence-electron chi connectivity index (χ2n) is 4.77. The molecule has 1 fully saturated rings.